The fourth-order valence-corrected chi connectivity index (χ4v) is 3.03. The first-order valence-corrected chi connectivity index (χ1v) is 7.68. The number of hydrogen-bond acceptors (Lipinski definition) is 6. The van der Waals surface area contributed by atoms with Gasteiger partial charge in [-0.1, -0.05) is 0 Å². The van der Waals surface area contributed by atoms with Gasteiger partial charge >= 0.3 is 0 Å². The van der Waals surface area contributed by atoms with Crippen LogP contribution in [-0.4, -0.2) is 30.7 Å². The molecule has 0 bridgehead atoms. The Morgan fingerprint density at radius 1 is 1.48 bits per heavy atom. The average Bonchev–Trinajstić information content (AvgIpc) is 2.87. The van der Waals surface area contributed by atoms with Crippen LogP contribution in [0.15, 0.2) is 23.4 Å². The van der Waals surface area contributed by atoms with Gasteiger partial charge < -0.3 is 10.5 Å². The van der Waals surface area contributed by atoms with Crippen molar-refractivity contribution in [3.8, 4) is 5.88 Å². The molecule has 8 nitrogen and oxygen atoms in total. The van der Waals surface area contributed by atoms with Crippen LogP contribution in [0, 0.1) is 6.92 Å². The van der Waals surface area contributed by atoms with Crippen molar-refractivity contribution in [2.24, 2.45) is 5.73 Å². The number of rotatable bonds is 6. The smallest absolute Gasteiger partial charge is 0.260 e. The first-order chi connectivity index (χ1) is 9.97. The van der Waals surface area contributed by atoms with E-state index in [0.29, 0.717) is 17.1 Å². The molecule has 2 aromatic heterocycles. The number of methoxy groups -OCH3 is 1. The molecular formula is C12H17N5O3S. The highest BCUT2D eigenvalue weighted by Gasteiger charge is 2.22. The van der Waals surface area contributed by atoms with E-state index in [0.717, 1.165) is 5.56 Å². The fourth-order valence-electron chi connectivity index (χ4n) is 1.81. The zero-order chi connectivity index (χ0) is 15.5. The molecule has 0 atom stereocenters. The van der Waals surface area contributed by atoms with Crippen LogP contribution in [0.1, 0.15) is 16.8 Å². The molecule has 0 radical (unpaired) electrons. The molecule has 0 unspecified atom stereocenters. The van der Waals surface area contributed by atoms with Crippen molar-refractivity contribution < 1.29 is 13.2 Å². The van der Waals surface area contributed by atoms with Crippen LogP contribution in [0.2, 0.25) is 0 Å². The lowest BCUT2D eigenvalue weighted by molar-refractivity contribution is 0.397. The summed E-state index contributed by atoms with van der Waals surface area (Å²) >= 11 is 0. The Kier molecular flexibility index (Phi) is 4.56. The van der Waals surface area contributed by atoms with Gasteiger partial charge in [0.25, 0.3) is 10.0 Å². The number of aromatic amines is 1. The lowest BCUT2D eigenvalue weighted by Crippen LogP contribution is -2.25. The van der Waals surface area contributed by atoms with E-state index in [1.165, 1.54) is 7.11 Å². The van der Waals surface area contributed by atoms with Gasteiger partial charge in [0.05, 0.1) is 7.11 Å². The molecule has 0 aliphatic rings. The minimum absolute atomic E-state index is 0.0662. The number of H-pyrrole nitrogens is 1. The number of pyridine rings is 1. The van der Waals surface area contributed by atoms with E-state index < -0.39 is 10.0 Å². The maximum absolute atomic E-state index is 12.3. The van der Waals surface area contributed by atoms with Gasteiger partial charge in [-0.05, 0) is 18.6 Å². The number of ether oxygens (including phenoxy) is 1. The summed E-state index contributed by atoms with van der Waals surface area (Å²) in [5.41, 5.74) is 7.41. The van der Waals surface area contributed by atoms with Crippen molar-refractivity contribution in [2.75, 3.05) is 7.11 Å². The van der Waals surface area contributed by atoms with Crippen LogP contribution in [0.4, 0.5) is 0 Å². The maximum atomic E-state index is 12.3. The molecule has 0 spiro atoms. The second-order valence-corrected chi connectivity index (χ2v) is 6.05. The van der Waals surface area contributed by atoms with Crippen LogP contribution >= 0.6 is 0 Å². The monoisotopic (exact) mass is 311 g/mol. The minimum Gasteiger partial charge on any atom is -0.481 e. The minimum atomic E-state index is -3.73. The molecule has 2 rings (SSSR count). The summed E-state index contributed by atoms with van der Waals surface area (Å²) in [7, 11) is -2.24. The predicted molar refractivity (Wildman–Crippen MR) is 76.0 cm³/mol. The van der Waals surface area contributed by atoms with Crippen LogP contribution in [-0.2, 0) is 23.1 Å². The van der Waals surface area contributed by atoms with Crippen LogP contribution in [0.5, 0.6) is 5.88 Å². The number of nitrogens with two attached hydrogens (primary N) is 1. The summed E-state index contributed by atoms with van der Waals surface area (Å²) in [5.74, 6) is 0.421. The largest absolute Gasteiger partial charge is 0.481 e. The number of nitrogens with zero attached hydrogens (tertiary/aromatic N) is 2. The topological polar surface area (TPSA) is 123 Å². The Morgan fingerprint density at radius 3 is 2.90 bits per heavy atom. The van der Waals surface area contributed by atoms with E-state index in [4.69, 9.17) is 10.5 Å². The molecule has 0 aliphatic carbocycles. The third-order valence-electron chi connectivity index (χ3n) is 2.97. The van der Waals surface area contributed by atoms with Gasteiger partial charge in [0, 0.05) is 36.6 Å². The summed E-state index contributed by atoms with van der Waals surface area (Å²) in [6.45, 7) is 1.93. The summed E-state index contributed by atoms with van der Waals surface area (Å²) in [5, 5.41) is 6.38. The third kappa shape index (κ3) is 3.38. The van der Waals surface area contributed by atoms with Gasteiger partial charge in [-0.25, -0.2) is 18.1 Å². The number of sulfonamides is 1. The van der Waals surface area contributed by atoms with Crippen molar-refractivity contribution in [1.29, 1.82) is 0 Å². The highest BCUT2D eigenvalue weighted by Crippen LogP contribution is 2.16. The first kappa shape index (κ1) is 15.4. The molecule has 4 N–H and O–H groups in total. The van der Waals surface area contributed by atoms with E-state index in [-0.39, 0.29) is 18.1 Å². The number of nitrogens with one attached hydrogen (secondary N) is 2. The molecule has 114 valence electrons. The number of hydrogen-bond donors (Lipinski definition) is 3. The Balaban J connectivity index is 2.17. The van der Waals surface area contributed by atoms with Crippen molar-refractivity contribution in [3.63, 3.8) is 0 Å². The molecule has 0 aliphatic heterocycles. The fraction of sp³-hybridized carbons (Fsp3) is 0.333. The Labute approximate surface area is 122 Å². The molecule has 0 saturated carbocycles. The van der Waals surface area contributed by atoms with E-state index in [1.54, 1.807) is 25.3 Å². The van der Waals surface area contributed by atoms with Crippen molar-refractivity contribution >= 4 is 10.0 Å². The molecule has 2 heterocycles. The zero-order valence-electron chi connectivity index (χ0n) is 11.8. The SMILES string of the molecule is COc1cc(CNS(=O)(=O)c2n[nH]c(C)c2CN)ccn1. The normalized spacial score (nSPS) is 11.6. The number of aryl methyl sites for hydroxylation is 1. The van der Waals surface area contributed by atoms with Crippen LogP contribution < -0.4 is 15.2 Å². The second kappa shape index (κ2) is 6.20. The van der Waals surface area contributed by atoms with Gasteiger partial charge in [0.15, 0.2) is 5.03 Å². The average molecular weight is 311 g/mol. The molecular weight excluding hydrogens is 294 g/mol. The summed E-state index contributed by atoms with van der Waals surface area (Å²) in [6.07, 6.45) is 1.55. The molecule has 0 saturated heterocycles. The zero-order valence-corrected chi connectivity index (χ0v) is 12.6. The lowest BCUT2D eigenvalue weighted by atomic mass is 10.3. The highest BCUT2D eigenvalue weighted by atomic mass is 32.2. The van der Waals surface area contributed by atoms with E-state index in [2.05, 4.69) is 19.9 Å². The van der Waals surface area contributed by atoms with Gasteiger partial charge in [-0.15, -0.1) is 0 Å². The highest BCUT2D eigenvalue weighted by molar-refractivity contribution is 7.89. The van der Waals surface area contributed by atoms with Crippen LogP contribution in [0.3, 0.4) is 0 Å². The van der Waals surface area contributed by atoms with E-state index in [1.807, 2.05) is 0 Å². The Morgan fingerprint density at radius 2 is 2.24 bits per heavy atom. The van der Waals surface area contributed by atoms with Crippen molar-refractivity contribution in [2.45, 2.75) is 25.0 Å². The molecule has 21 heavy (non-hydrogen) atoms. The standard InChI is InChI=1S/C12H17N5O3S/c1-8-10(6-13)12(17-16-8)21(18,19)15-7-9-3-4-14-11(5-9)20-2/h3-5,15H,6-7,13H2,1-2H3,(H,16,17). The third-order valence-corrected chi connectivity index (χ3v) is 4.34. The molecule has 9 heteroatoms. The first-order valence-electron chi connectivity index (χ1n) is 6.20. The van der Waals surface area contributed by atoms with Crippen LogP contribution in [0.25, 0.3) is 0 Å². The van der Waals surface area contributed by atoms with Crippen molar-refractivity contribution in [1.82, 2.24) is 19.9 Å². The lowest BCUT2D eigenvalue weighted by Gasteiger charge is -2.07. The summed E-state index contributed by atoms with van der Waals surface area (Å²) in [6, 6.07) is 3.35. The molecule has 0 fully saturated rings. The van der Waals surface area contributed by atoms with Gasteiger partial charge in [0.1, 0.15) is 0 Å². The van der Waals surface area contributed by atoms with Gasteiger partial charge in [-0.2, -0.15) is 5.10 Å². The summed E-state index contributed by atoms with van der Waals surface area (Å²) < 4.78 is 32.0. The van der Waals surface area contributed by atoms with Crippen molar-refractivity contribution in [3.05, 3.63) is 35.2 Å². The quantitative estimate of drug-likeness (QED) is 0.693. The molecule has 0 amide bonds. The maximum Gasteiger partial charge on any atom is 0.260 e. The van der Waals surface area contributed by atoms with E-state index in [9.17, 15) is 8.42 Å². The van der Waals surface area contributed by atoms with Gasteiger partial charge in [0.2, 0.25) is 5.88 Å². The molecule has 0 aromatic carbocycles. The predicted octanol–water partition coefficient (Wildman–Crippen LogP) is 0.0589. The summed E-state index contributed by atoms with van der Waals surface area (Å²) in [4.78, 5) is 3.96. The number of aromatic nitrogens is 3. The van der Waals surface area contributed by atoms with Gasteiger partial charge in [-0.3, -0.25) is 5.10 Å². The second-order valence-electron chi connectivity index (χ2n) is 4.37. The Bertz CT molecular complexity index is 726. The molecule has 2 aromatic rings. The Hall–Kier alpha value is -1.97. The van der Waals surface area contributed by atoms with E-state index >= 15 is 0 Å².